The number of nitrogens with zero attached hydrogens (tertiary/aromatic N) is 1. The normalized spacial score (nSPS) is 31.7. The first kappa shape index (κ1) is 10.4. The molecule has 2 nitrogen and oxygen atoms in total. The number of hydrogen-bond donors (Lipinski definition) is 1. The molecule has 1 atom stereocenters. The van der Waals surface area contributed by atoms with E-state index in [1.165, 1.54) is 51.7 Å². The fraction of sp³-hybridized carbons (Fsp3) is 1.00. The topological polar surface area (TPSA) is 15.3 Å². The number of likely N-dealkylation sites (tertiary alicyclic amines) is 1. The van der Waals surface area contributed by atoms with E-state index in [0.29, 0.717) is 5.54 Å². The lowest BCUT2D eigenvalue weighted by molar-refractivity contribution is 0.0523. The van der Waals surface area contributed by atoms with Crippen LogP contribution >= 0.6 is 0 Å². The van der Waals surface area contributed by atoms with Crippen LogP contribution in [0.15, 0.2) is 0 Å². The third kappa shape index (κ3) is 1.96. The summed E-state index contributed by atoms with van der Waals surface area (Å²) >= 11 is 0. The van der Waals surface area contributed by atoms with Crippen molar-refractivity contribution in [1.29, 1.82) is 0 Å². The molecule has 1 saturated heterocycles. The molecule has 0 aromatic carbocycles. The highest BCUT2D eigenvalue weighted by atomic mass is 15.2. The van der Waals surface area contributed by atoms with Gasteiger partial charge in [-0.1, -0.05) is 6.92 Å². The van der Waals surface area contributed by atoms with Gasteiger partial charge in [0.15, 0.2) is 0 Å². The predicted molar refractivity (Wildman–Crippen MR) is 60.5 cm³/mol. The van der Waals surface area contributed by atoms with Gasteiger partial charge >= 0.3 is 0 Å². The summed E-state index contributed by atoms with van der Waals surface area (Å²) in [5.41, 5.74) is 0.572. The Labute approximate surface area is 88.1 Å². The fourth-order valence-corrected chi connectivity index (χ4v) is 2.77. The van der Waals surface area contributed by atoms with Gasteiger partial charge in [-0.25, -0.2) is 0 Å². The van der Waals surface area contributed by atoms with Gasteiger partial charge < -0.3 is 5.32 Å². The highest BCUT2D eigenvalue weighted by Gasteiger charge is 2.40. The maximum absolute atomic E-state index is 3.64. The third-order valence-corrected chi connectivity index (χ3v) is 4.07. The van der Waals surface area contributed by atoms with E-state index in [1.54, 1.807) is 0 Å². The fourth-order valence-electron chi connectivity index (χ4n) is 2.77. The highest BCUT2D eigenvalue weighted by Crippen LogP contribution is 2.38. The summed E-state index contributed by atoms with van der Waals surface area (Å²) in [6.07, 6.45) is 6.91. The zero-order chi connectivity index (χ0) is 10.0. The van der Waals surface area contributed by atoms with Gasteiger partial charge in [0.2, 0.25) is 0 Å². The van der Waals surface area contributed by atoms with Crippen LogP contribution in [0.5, 0.6) is 0 Å². The molecule has 2 rings (SSSR count). The molecule has 2 heteroatoms. The lowest BCUT2D eigenvalue weighted by Crippen LogP contribution is -2.51. The van der Waals surface area contributed by atoms with E-state index in [0.717, 1.165) is 6.04 Å². The molecular weight excluding hydrogens is 172 g/mol. The van der Waals surface area contributed by atoms with Crippen LogP contribution in [0.25, 0.3) is 0 Å². The van der Waals surface area contributed by atoms with Crippen molar-refractivity contribution in [2.24, 2.45) is 0 Å². The first-order valence-electron chi connectivity index (χ1n) is 6.23. The second-order valence-corrected chi connectivity index (χ2v) is 5.24. The standard InChI is InChI=1S/C12H24N2/c1-3-8-13-11-5-9-14(10-11)12(2)6-4-7-12/h11,13H,3-10H2,1-2H3. The molecule has 1 aliphatic carbocycles. The van der Waals surface area contributed by atoms with Gasteiger partial charge in [0.05, 0.1) is 0 Å². The van der Waals surface area contributed by atoms with E-state index >= 15 is 0 Å². The second kappa shape index (κ2) is 4.19. The Kier molecular flexibility index (Phi) is 3.13. The van der Waals surface area contributed by atoms with E-state index < -0.39 is 0 Å². The summed E-state index contributed by atoms with van der Waals surface area (Å²) in [6, 6.07) is 0.771. The SMILES string of the molecule is CCCNC1CCN(C2(C)CCC2)C1. The average molecular weight is 196 g/mol. The van der Waals surface area contributed by atoms with E-state index in [4.69, 9.17) is 0 Å². The highest BCUT2D eigenvalue weighted by molar-refractivity contribution is 4.98. The minimum atomic E-state index is 0.572. The molecule has 1 aliphatic heterocycles. The second-order valence-electron chi connectivity index (χ2n) is 5.24. The van der Waals surface area contributed by atoms with Crippen molar-refractivity contribution in [2.75, 3.05) is 19.6 Å². The van der Waals surface area contributed by atoms with Gasteiger partial charge in [-0.3, -0.25) is 4.90 Å². The lowest BCUT2D eigenvalue weighted by atomic mass is 9.77. The maximum Gasteiger partial charge on any atom is 0.0207 e. The molecule has 1 heterocycles. The largest absolute Gasteiger partial charge is 0.313 e. The van der Waals surface area contributed by atoms with Crippen LogP contribution in [0.1, 0.15) is 46.0 Å². The van der Waals surface area contributed by atoms with E-state index in [-0.39, 0.29) is 0 Å². The molecule has 82 valence electrons. The van der Waals surface area contributed by atoms with Crippen molar-refractivity contribution in [2.45, 2.75) is 57.5 Å². The molecule has 0 aromatic heterocycles. The van der Waals surface area contributed by atoms with E-state index in [1.807, 2.05) is 0 Å². The minimum absolute atomic E-state index is 0.572. The molecular formula is C12H24N2. The minimum Gasteiger partial charge on any atom is -0.313 e. The van der Waals surface area contributed by atoms with Crippen molar-refractivity contribution >= 4 is 0 Å². The summed E-state index contributed by atoms with van der Waals surface area (Å²) < 4.78 is 0. The van der Waals surface area contributed by atoms with Gasteiger partial charge in [-0.05, 0) is 45.6 Å². The first-order valence-corrected chi connectivity index (χ1v) is 6.23. The van der Waals surface area contributed by atoms with E-state index in [2.05, 4.69) is 24.1 Å². The summed E-state index contributed by atoms with van der Waals surface area (Å²) in [4.78, 5) is 2.71. The molecule has 0 aromatic rings. The van der Waals surface area contributed by atoms with E-state index in [9.17, 15) is 0 Å². The van der Waals surface area contributed by atoms with Crippen LogP contribution < -0.4 is 5.32 Å². The molecule has 0 radical (unpaired) electrons. The Hall–Kier alpha value is -0.0800. The lowest BCUT2D eigenvalue weighted by Gasteiger charge is -2.46. The van der Waals surface area contributed by atoms with Crippen LogP contribution in [0, 0.1) is 0 Å². The average Bonchev–Trinajstić information content (AvgIpc) is 2.59. The Balaban J connectivity index is 1.76. The smallest absolute Gasteiger partial charge is 0.0207 e. The molecule has 14 heavy (non-hydrogen) atoms. The third-order valence-electron chi connectivity index (χ3n) is 4.07. The van der Waals surface area contributed by atoms with Gasteiger partial charge in [0.25, 0.3) is 0 Å². The molecule has 2 fully saturated rings. The van der Waals surface area contributed by atoms with Crippen molar-refractivity contribution in [1.82, 2.24) is 10.2 Å². The van der Waals surface area contributed by atoms with Gasteiger partial charge in [0, 0.05) is 24.7 Å². The Morgan fingerprint density at radius 3 is 2.79 bits per heavy atom. The molecule has 1 saturated carbocycles. The van der Waals surface area contributed by atoms with Gasteiger partial charge in [-0.15, -0.1) is 0 Å². The van der Waals surface area contributed by atoms with Crippen LogP contribution in [0.3, 0.4) is 0 Å². The molecule has 0 amide bonds. The summed E-state index contributed by atoms with van der Waals surface area (Å²) in [5.74, 6) is 0. The van der Waals surface area contributed by atoms with Crippen LogP contribution in [-0.2, 0) is 0 Å². The van der Waals surface area contributed by atoms with Crippen molar-refractivity contribution in [3.63, 3.8) is 0 Å². The molecule has 1 unspecified atom stereocenters. The quantitative estimate of drug-likeness (QED) is 0.740. The van der Waals surface area contributed by atoms with Crippen molar-refractivity contribution < 1.29 is 0 Å². The maximum atomic E-state index is 3.64. The molecule has 0 spiro atoms. The molecule has 2 aliphatic rings. The van der Waals surface area contributed by atoms with Gasteiger partial charge in [-0.2, -0.15) is 0 Å². The Bertz CT molecular complexity index is 187. The zero-order valence-corrected chi connectivity index (χ0v) is 9.68. The van der Waals surface area contributed by atoms with Crippen molar-refractivity contribution in [3.8, 4) is 0 Å². The Morgan fingerprint density at radius 1 is 1.43 bits per heavy atom. The number of rotatable bonds is 4. The number of hydrogen-bond acceptors (Lipinski definition) is 2. The van der Waals surface area contributed by atoms with Crippen LogP contribution in [-0.4, -0.2) is 36.1 Å². The molecule has 1 N–H and O–H groups in total. The number of nitrogens with one attached hydrogen (secondary N) is 1. The predicted octanol–water partition coefficient (Wildman–Crippen LogP) is 2.00. The van der Waals surface area contributed by atoms with Crippen molar-refractivity contribution in [3.05, 3.63) is 0 Å². The molecule has 0 bridgehead atoms. The van der Waals surface area contributed by atoms with Crippen LogP contribution in [0.4, 0.5) is 0 Å². The van der Waals surface area contributed by atoms with Gasteiger partial charge in [0.1, 0.15) is 0 Å². The monoisotopic (exact) mass is 196 g/mol. The zero-order valence-electron chi connectivity index (χ0n) is 9.68. The van der Waals surface area contributed by atoms with Crippen LogP contribution in [0.2, 0.25) is 0 Å². The first-order chi connectivity index (χ1) is 6.74. The summed E-state index contributed by atoms with van der Waals surface area (Å²) in [5, 5.41) is 3.64. The summed E-state index contributed by atoms with van der Waals surface area (Å²) in [6.45, 7) is 8.48. The Morgan fingerprint density at radius 2 is 2.21 bits per heavy atom. The summed E-state index contributed by atoms with van der Waals surface area (Å²) in [7, 11) is 0.